The lowest BCUT2D eigenvalue weighted by Crippen LogP contribution is -2.48. The van der Waals surface area contributed by atoms with Crippen LogP contribution < -0.4 is 0 Å². The number of carbonyl (C=O) groups is 2. The molecule has 0 aromatic carbocycles. The molecule has 0 N–H and O–H groups in total. The fourth-order valence-electron chi connectivity index (χ4n) is 2.91. The smallest absolute Gasteiger partial charge is 0.222 e. The largest absolute Gasteiger partial charge is 0.342 e. The molecule has 2 fully saturated rings. The van der Waals surface area contributed by atoms with E-state index in [0.717, 1.165) is 31.8 Å². The Morgan fingerprint density at radius 3 is 2.32 bits per heavy atom. The number of carbonyl (C=O) groups excluding carboxylic acids is 2. The molecule has 2 rings (SSSR count). The summed E-state index contributed by atoms with van der Waals surface area (Å²) in [5.74, 6) is 0.987. The molecule has 2 aliphatic heterocycles. The van der Waals surface area contributed by atoms with Crippen molar-refractivity contribution in [3.63, 3.8) is 0 Å². The van der Waals surface area contributed by atoms with Crippen LogP contribution in [0.15, 0.2) is 0 Å². The predicted molar refractivity (Wildman–Crippen MR) is 73.7 cm³/mol. The number of likely N-dealkylation sites (tertiary alicyclic amines) is 1. The Hall–Kier alpha value is -1.10. The molecule has 5 nitrogen and oxygen atoms in total. The Morgan fingerprint density at radius 2 is 1.74 bits per heavy atom. The summed E-state index contributed by atoms with van der Waals surface area (Å²) in [4.78, 5) is 28.7. The predicted octanol–water partition coefficient (Wildman–Crippen LogP) is 0.409. The Balaban J connectivity index is 1.66. The van der Waals surface area contributed by atoms with E-state index in [4.69, 9.17) is 0 Å². The molecule has 2 aliphatic rings. The molecule has 2 heterocycles. The van der Waals surface area contributed by atoms with Crippen molar-refractivity contribution in [1.29, 1.82) is 0 Å². The summed E-state index contributed by atoms with van der Waals surface area (Å²) in [5.41, 5.74) is 0. The summed E-state index contributed by atoms with van der Waals surface area (Å²) < 4.78 is 0. The number of hydrogen-bond donors (Lipinski definition) is 0. The van der Waals surface area contributed by atoms with Gasteiger partial charge in [-0.3, -0.25) is 9.59 Å². The van der Waals surface area contributed by atoms with E-state index < -0.39 is 0 Å². The van der Waals surface area contributed by atoms with Crippen LogP contribution in [0, 0.1) is 5.92 Å². The van der Waals surface area contributed by atoms with E-state index in [2.05, 4.69) is 11.9 Å². The summed E-state index contributed by atoms with van der Waals surface area (Å²) in [5, 5.41) is 0. The second kappa shape index (κ2) is 6.89. The highest BCUT2D eigenvalue weighted by molar-refractivity contribution is 5.76. The van der Waals surface area contributed by atoms with Gasteiger partial charge in [0.25, 0.3) is 0 Å². The lowest BCUT2D eigenvalue weighted by atomic mass is 9.92. The molecule has 0 radical (unpaired) electrons. The zero-order valence-electron chi connectivity index (χ0n) is 11.9. The highest BCUT2D eigenvalue weighted by Crippen LogP contribution is 2.21. The van der Waals surface area contributed by atoms with Gasteiger partial charge in [-0.25, -0.2) is 0 Å². The summed E-state index contributed by atoms with van der Waals surface area (Å²) in [6.07, 6.45) is 5.03. The van der Waals surface area contributed by atoms with Gasteiger partial charge < -0.3 is 14.7 Å². The Kier molecular flexibility index (Phi) is 5.19. The first-order valence-corrected chi connectivity index (χ1v) is 7.34. The summed E-state index contributed by atoms with van der Waals surface area (Å²) in [6.45, 7) is 5.09. The molecular formula is C14H25N3O2. The summed E-state index contributed by atoms with van der Waals surface area (Å²) in [6, 6.07) is 0. The van der Waals surface area contributed by atoms with Gasteiger partial charge in [-0.05, 0) is 45.3 Å². The maximum Gasteiger partial charge on any atom is 0.222 e. The molecule has 0 saturated carbocycles. The first-order valence-electron chi connectivity index (χ1n) is 7.34. The van der Waals surface area contributed by atoms with Crippen LogP contribution in [-0.4, -0.2) is 73.3 Å². The average Bonchev–Trinajstić information content (AvgIpc) is 2.46. The molecule has 5 heteroatoms. The Labute approximate surface area is 115 Å². The second-order valence-corrected chi connectivity index (χ2v) is 5.81. The number of nitrogens with zero attached hydrogens (tertiary/aromatic N) is 3. The van der Waals surface area contributed by atoms with Gasteiger partial charge in [0, 0.05) is 32.6 Å². The molecular weight excluding hydrogens is 242 g/mol. The highest BCUT2D eigenvalue weighted by atomic mass is 16.2. The van der Waals surface area contributed by atoms with Gasteiger partial charge in [0.2, 0.25) is 12.3 Å². The molecule has 0 spiro atoms. The topological polar surface area (TPSA) is 43.9 Å². The van der Waals surface area contributed by atoms with Gasteiger partial charge in [0.05, 0.1) is 0 Å². The van der Waals surface area contributed by atoms with Crippen molar-refractivity contribution in [2.24, 2.45) is 5.92 Å². The first-order chi connectivity index (χ1) is 9.19. The van der Waals surface area contributed by atoms with Crippen LogP contribution in [0.25, 0.3) is 0 Å². The molecule has 2 amide bonds. The maximum absolute atomic E-state index is 12.1. The SMILES string of the molecule is CN1CCC(CCC(=O)N2CCN(C=O)CC2)CC1. The third kappa shape index (κ3) is 4.20. The van der Waals surface area contributed by atoms with Crippen molar-refractivity contribution in [2.45, 2.75) is 25.7 Å². The fourth-order valence-corrected chi connectivity index (χ4v) is 2.91. The average molecular weight is 267 g/mol. The van der Waals surface area contributed by atoms with Gasteiger partial charge in [0.1, 0.15) is 0 Å². The van der Waals surface area contributed by atoms with Gasteiger partial charge in [-0.2, -0.15) is 0 Å². The van der Waals surface area contributed by atoms with Gasteiger partial charge in [-0.15, -0.1) is 0 Å². The molecule has 108 valence electrons. The van der Waals surface area contributed by atoms with E-state index in [1.807, 2.05) is 4.90 Å². The van der Waals surface area contributed by atoms with Crippen LogP contribution in [0.1, 0.15) is 25.7 Å². The Morgan fingerprint density at radius 1 is 1.11 bits per heavy atom. The van der Waals surface area contributed by atoms with Crippen molar-refractivity contribution in [1.82, 2.24) is 14.7 Å². The van der Waals surface area contributed by atoms with E-state index >= 15 is 0 Å². The molecule has 0 aromatic rings. The fraction of sp³-hybridized carbons (Fsp3) is 0.857. The number of piperidine rings is 1. The van der Waals surface area contributed by atoms with Crippen LogP contribution >= 0.6 is 0 Å². The molecule has 0 bridgehead atoms. The molecule has 19 heavy (non-hydrogen) atoms. The molecule has 0 aliphatic carbocycles. The zero-order valence-corrected chi connectivity index (χ0v) is 11.9. The minimum absolute atomic E-state index is 0.268. The van der Waals surface area contributed by atoms with Gasteiger partial charge >= 0.3 is 0 Å². The third-order valence-electron chi connectivity index (χ3n) is 4.42. The van der Waals surface area contributed by atoms with Crippen molar-refractivity contribution in [3.05, 3.63) is 0 Å². The lowest BCUT2D eigenvalue weighted by Gasteiger charge is -2.33. The first kappa shape index (κ1) is 14.3. The van der Waals surface area contributed by atoms with Crippen molar-refractivity contribution in [3.8, 4) is 0 Å². The number of piperazine rings is 1. The lowest BCUT2D eigenvalue weighted by molar-refractivity contribution is -0.135. The van der Waals surface area contributed by atoms with Crippen molar-refractivity contribution in [2.75, 3.05) is 46.3 Å². The monoisotopic (exact) mass is 267 g/mol. The standard InChI is InChI=1S/C14H25N3O2/c1-15-6-4-13(5-7-15)2-3-14(19)17-10-8-16(12-18)9-11-17/h12-13H,2-11H2,1H3. The quantitative estimate of drug-likeness (QED) is 0.693. The van der Waals surface area contributed by atoms with E-state index in [9.17, 15) is 9.59 Å². The summed E-state index contributed by atoms with van der Waals surface area (Å²) >= 11 is 0. The van der Waals surface area contributed by atoms with Gasteiger partial charge in [0.15, 0.2) is 0 Å². The Bertz CT molecular complexity index is 306. The third-order valence-corrected chi connectivity index (χ3v) is 4.42. The minimum Gasteiger partial charge on any atom is -0.342 e. The van der Waals surface area contributed by atoms with E-state index in [1.54, 1.807) is 4.90 Å². The van der Waals surface area contributed by atoms with E-state index in [-0.39, 0.29) is 5.91 Å². The van der Waals surface area contributed by atoms with Crippen molar-refractivity contribution < 1.29 is 9.59 Å². The number of rotatable bonds is 4. The summed E-state index contributed by atoms with van der Waals surface area (Å²) in [7, 11) is 2.16. The van der Waals surface area contributed by atoms with Crippen LogP contribution in [0.2, 0.25) is 0 Å². The van der Waals surface area contributed by atoms with E-state index in [1.165, 1.54) is 12.8 Å². The van der Waals surface area contributed by atoms with E-state index in [0.29, 0.717) is 32.6 Å². The molecule has 0 atom stereocenters. The number of hydrogen-bond acceptors (Lipinski definition) is 3. The molecule has 2 saturated heterocycles. The van der Waals surface area contributed by atoms with Crippen LogP contribution in [0.3, 0.4) is 0 Å². The van der Waals surface area contributed by atoms with Crippen molar-refractivity contribution >= 4 is 12.3 Å². The van der Waals surface area contributed by atoms with Crippen LogP contribution in [0.4, 0.5) is 0 Å². The molecule has 0 unspecified atom stereocenters. The maximum atomic E-state index is 12.1. The second-order valence-electron chi connectivity index (χ2n) is 5.81. The highest BCUT2D eigenvalue weighted by Gasteiger charge is 2.22. The zero-order chi connectivity index (χ0) is 13.7. The molecule has 0 aromatic heterocycles. The van der Waals surface area contributed by atoms with Crippen LogP contribution in [-0.2, 0) is 9.59 Å². The normalized spacial score (nSPS) is 22.6. The van der Waals surface area contributed by atoms with Gasteiger partial charge in [-0.1, -0.05) is 0 Å². The van der Waals surface area contributed by atoms with Crippen LogP contribution in [0.5, 0.6) is 0 Å². The minimum atomic E-state index is 0.268. The number of amides is 2.